The highest BCUT2D eigenvalue weighted by Crippen LogP contribution is 2.21. The van der Waals surface area contributed by atoms with E-state index in [1.807, 2.05) is 43.3 Å². The summed E-state index contributed by atoms with van der Waals surface area (Å²) in [7, 11) is 0. The molecule has 0 aliphatic heterocycles. The van der Waals surface area contributed by atoms with E-state index in [-0.39, 0.29) is 11.7 Å². The second kappa shape index (κ2) is 8.68. The van der Waals surface area contributed by atoms with E-state index >= 15 is 0 Å². The Kier molecular flexibility index (Phi) is 6.34. The van der Waals surface area contributed by atoms with Crippen molar-refractivity contribution in [2.24, 2.45) is 5.10 Å². The van der Waals surface area contributed by atoms with Crippen LogP contribution in [0.25, 0.3) is 0 Å². The number of para-hydroxylation sites is 1. The van der Waals surface area contributed by atoms with Crippen LogP contribution in [0.1, 0.15) is 23.6 Å². The number of carbonyl (C=O) groups excluding carboxylic acids is 1. The molecule has 0 saturated carbocycles. The molecule has 0 fully saturated rings. The van der Waals surface area contributed by atoms with Gasteiger partial charge in [-0.1, -0.05) is 35.9 Å². The maximum absolute atomic E-state index is 12.1. The highest BCUT2D eigenvalue weighted by atomic mass is 16.3. The number of nitrogens with one attached hydrogen (secondary N) is 2. The molecular weight excluding hydrogens is 314 g/mol. The number of nitrogens with zero attached hydrogens (tertiary/aromatic N) is 1. The van der Waals surface area contributed by atoms with Crippen molar-refractivity contribution in [3.63, 3.8) is 0 Å². The number of allylic oxidation sites excluding steroid dienone is 1. The average molecular weight is 337 g/mol. The summed E-state index contributed by atoms with van der Waals surface area (Å²) in [5.74, 6) is -0.121. The molecule has 1 atom stereocenters. The van der Waals surface area contributed by atoms with Gasteiger partial charge in [-0.05, 0) is 44.0 Å². The van der Waals surface area contributed by atoms with Gasteiger partial charge in [-0.2, -0.15) is 5.10 Å². The maximum atomic E-state index is 12.1. The van der Waals surface area contributed by atoms with Crippen LogP contribution in [-0.2, 0) is 11.2 Å². The molecule has 0 spiro atoms. The van der Waals surface area contributed by atoms with Crippen molar-refractivity contribution in [1.82, 2.24) is 5.43 Å². The minimum atomic E-state index is -0.444. The molecule has 0 aliphatic rings. The van der Waals surface area contributed by atoms with Crippen LogP contribution in [0.15, 0.2) is 60.2 Å². The Bertz CT molecular complexity index is 767. The molecule has 0 aromatic heterocycles. The molecule has 2 aromatic carbocycles. The number of phenolic OH excluding ortho intramolecular Hbond substituents is 1. The molecule has 0 saturated heterocycles. The van der Waals surface area contributed by atoms with E-state index < -0.39 is 6.04 Å². The van der Waals surface area contributed by atoms with Gasteiger partial charge in [-0.25, -0.2) is 5.43 Å². The molecule has 5 heteroatoms. The fourth-order valence-electron chi connectivity index (χ4n) is 2.26. The lowest BCUT2D eigenvalue weighted by Gasteiger charge is -2.13. The van der Waals surface area contributed by atoms with Crippen LogP contribution in [0.4, 0.5) is 5.69 Å². The maximum Gasteiger partial charge on any atom is 0.262 e. The highest BCUT2D eigenvalue weighted by Gasteiger charge is 2.11. The topological polar surface area (TPSA) is 73.7 Å². The largest absolute Gasteiger partial charge is 0.507 e. The monoisotopic (exact) mass is 337 g/mol. The molecule has 5 nitrogen and oxygen atoms in total. The summed E-state index contributed by atoms with van der Waals surface area (Å²) < 4.78 is 0. The molecule has 2 aromatic rings. The highest BCUT2D eigenvalue weighted by molar-refractivity contribution is 5.88. The second-order valence-corrected chi connectivity index (χ2v) is 5.81. The number of carbonyl (C=O) groups is 1. The van der Waals surface area contributed by atoms with E-state index in [0.717, 1.165) is 16.8 Å². The van der Waals surface area contributed by atoms with Gasteiger partial charge in [0.1, 0.15) is 11.8 Å². The van der Waals surface area contributed by atoms with Crippen LogP contribution < -0.4 is 10.7 Å². The van der Waals surface area contributed by atoms with Gasteiger partial charge < -0.3 is 10.4 Å². The SMILES string of the molecule is C=CCc1cccc(/C=N/NC(=O)C(C)Nc2ccc(C)cc2)c1O. The van der Waals surface area contributed by atoms with Gasteiger partial charge in [0.2, 0.25) is 0 Å². The van der Waals surface area contributed by atoms with Crippen molar-refractivity contribution < 1.29 is 9.90 Å². The summed E-state index contributed by atoms with van der Waals surface area (Å²) in [6, 6.07) is 12.7. The Balaban J connectivity index is 1.94. The van der Waals surface area contributed by atoms with E-state index in [9.17, 15) is 9.90 Å². The smallest absolute Gasteiger partial charge is 0.262 e. The Morgan fingerprint density at radius 3 is 2.68 bits per heavy atom. The minimum Gasteiger partial charge on any atom is -0.507 e. The van der Waals surface area contributed by atoms with Gasteiger partial charge >= 0.3 is 0 Å². The number of rotatable bonds is 7. The van der Waals surface area contributed by atoms with Crippen molar-refractivity contribution in [2.75, 3.05) is 5.32 Å². The van der Waals surface area contributed by atoms with Crippen LogP contribution >= 0.6 is 0 Å². The number of benzene rings is 2. The lowest BCUT2D eigenvalue weighted by atomic mass is 10.1. The van der Waals surface area contributed by atoms with Gasteiger partial charge in [0.15, 0.2) is 0 Å². The van der Waals surface area contributed by atoms with E-state index in [0.29, 0.717) is 12.0 Å². The molecule has 3 N–H and O–H groups in total. The van der Waals surface area contributed by atoms with Crippen molar-refractivity contribution in [3.05, 3.63) is 71.8 Å². The zero-order chi connectivity index (χ0) is 18.2. The summed E-state index contributed by atoms with van der Waals surface area (Å²) in [5, 5.41) is 17.2. The van der Waals surface area contributed by atoms with E-state index in [1.165, 1.54) is 6.21 Å². The number of aromatic hydroxyl groups is 1. The van der Waals surface area contributed by atoms with E-state index in [4.69, 9.17) is 0 Å². The van der Waals surface area contributed by atoms with Crippen LogP contribution in [0.2, 0.25) is 0 Å². The molecule has 1 unspecified atom stereocenters. The first-order valence-corrected chi connectivity index (χ1v) is 8.09. The number of phenols is 1. The first kappa shape index (κ1) is 18.3. The first-order valence-electron chi connectivity index (χ1n) is 8.09. The number of hydrazone groups is 1. The summed E-state index contributed by atoms with van der Waals surface area (Å²) in [6.45, 7) is 7.43. The summed E-state index contributed by atoms with van der Waals surface area (Å²) in [4.78, 5) is 12.1. The van der Waals surface area contributed by atoms with E-state index in [1.54, 1.807) is 19.1 Å². The van der Waals surface area contributed by atoms with Crippen molar-refractivity contribution >= 4 is 17.8 Å². The first-order chi connectivity index (χ1) is 12.0. The predicted molar refractivity (Wildman–Crippen MR) is 102 cm³/mol. The molecule has 0 aliphatic carbocycles. The van der Waals surface area contributed by atoms with E-state index in [2.05, 4.69) is 22.4 Å². The molecule has 0 radical (unpaired) electrons. The summed E-state index contributed by atoms with van der Waals surface area (Å²) in [5.41, 5.74) is 5.81. The lowest BCUT2D eigenvalue weighted by Crippen LogP contribution is -2.34. The fourth-order valence-corrected chi connectivity index (χ4v) is 2.26. The standard InChI is InChI=1S/C20H23N3O2/c1-4-6-16-7-5-8-17(19(16)24)13-21-23-20(25)15(3)22-18-11-9-14(2)10-12-18/h4-5,7-13,15,22,24H,1,6H2,2-3H3,(H,23,25)/b21-13+. The summed E-state index contributed by atoms with van der Waals surface area (Å²) >= 11 is 0. The Morgan fingerprint density at radius 1 is 1.28 bits per heavy atom. The molecular formula is C20H23N3O2. The molecule has 0 bridgehead atoms. The number of aryl methyl sites for hydroxylation is 1. The van der Waals surface area contributed by atoms with Gasteiger partial charge in [-0.15, -0.1) is 6.58 Å². The Hall–Kier alpha value is -3.08. The predicted octanol–water partition coefficient (Wildman–Crippen LogP) is 3.38. The third kappa shape index (κ3) is 5.21. The number of anilines is 1. The van der Waals surface area contributed by atoms with Gasteiger partial charge in [0.25, 0.3) is 5.91 Å². The van der Waals surface area contributed by atoms with Crippen LogP contribution in [0.5, 0.6) is 5.75 Å². The molecule has 130 valence electrons. The molecule has 2 rings (SSSR count). The van der Waals surface area contributed by atoms with Gasteiger partial charge in [-0.3, -0.25) is 4.79 Å². The number of amides is 1. The van der Waals surface area contributed by atoms with Crippen molar-refractivity contribution in [3.8, 4) is 5.75 Å². The number of hydrogen-bond acceptors (Lipinski definition) is 4. The Morgan fingerprint density at radius 2 is 2.00 bits per heavy atom. The van der Waals surface area contributed by atoms with Crippen LogP contribution in [-0.4, -0.2) is 23.3 Å². The van der Waals surface area contributed by atoms with Crippen molar-refractivity contribution in [1.29, 1.82) is 0 Å². The zero-order valence-electron chi connectivity index (χ0n) is 14.5. The second-order valence-electron chi connectivity index (χ2n) is 5.81. The van der Waals surface area contributed by atoms with Gasteiger partial charge in [0.05, 0.1) is 6.21 Å². The minimum absolute atomic E-state index is 0.145. The summed E-state index contributed by atoms with van der Waals surface area (Å²) in [6.07, 6.45) is 3.71. The molecule has 25 heavy (non-hydrogen) atoms. The third-order valence-electron chi connectivity index (χ3n) is 3.72. The van der Waals surface area contributed by atoms with Gasteiger partial charge in [0, 0.05) is 11.3 Å². The quantitative estimate of drug-likeness (QED) is 0.412. The number of hydrogen-bond donors (Lipinski definition) is 3. The lowest BCUT2D eigenvalue weighted by molar-refractivity contribution is -0.121. The fraction of sp³-hybridized carbons (Fsp3) is 0.200. The van der Waals surface area contributed by atoms with Crippen LogP contribution in [0.3, 0.4) is 0 Å². The normalized spacial score (nSPS) is 11.9. The third-order valence-corrected chi connectivity index (χ3v) is 3.72. The Labute approximate surface area is 148 Å². The zero-order valence-corrected chi connectivity index (χ0v) is 14.5. The molecule has 0 heterocycles. The van der Waals surface area contributed by atoms with Crippen molar-refractivity contribution in [2.45, 2.75) is 26.3 Å². The van der Waals surface area contributed by atoms with Crippen LogP contribution in [0, 0.1) is 6.92 Å². The average Bonchev–Trinajstić information content (AvgIpc) is 2.60. The molecule has 1 amide bonds.